The fraction of sp³-hybridized carbons (Fsp3) is 0.600. The molecule has 0 bridgehead atoms. The SMILES string of the molecule is CC(C)(C)OC(=O)N1CCN(C(=O)C2C[C@H]2c2ccc(C(F)(F)F)cc2)CC1. The molecular weight excluding hydrogens is 373 g/mol. The van der Waals surface area contributed by atoms with E-state index in [0.29, 0.717) is 32.6 Å². The molecule has 2 atom stereocenters. The summed E-state index contributed by atoms with van der Waals surface area (Å²) in [4.78, 5) is 28.1. The Morgan fingerprint density at radius 1 is 0.964 bits per heavy atom. The maximum Gasteiger partial charge on any atom is 0.416 e. The van der Waals surface area contributed by atoms with E-state index in [1.54, 1.807) is 30.6 Å². The van der Waals surface area contributed by atoms with Crippen LogP contribution in [0.15, 0.2) is 24.3 Å². The van der Waals surface area contributed by atoms with Crippen molar-refractivity contribution in [2.75, 3.05) is 26.2 Å². The second-order valence-electron chi connectivity index (χ2n) is 8.36. The van der Waals surface area contributed by atoms with Crippen LogP contribution >= 0.6 is 0 Å². The topological polar surface area (TPSA) is 49.9 Å². The molecule has 2 amide bonds. The second-order valence-corrected chi connectivity index (χ2v) is 8.36. The number of amides is 2. The first-order valence-corrected chi connectivity index (χ1v) is 9.39. The molecule has 0 spiro atoms. The standard InChI is InChI=1S/C20H25F3N2O3/c1-19(2,3)28-18(27)25-10-8-24(9-11-25)17(26)16-12-15(16)13-4-6-14(7-5-13)20(21,22)23/h4-7,15-16H,8-12H2,1-3H3/t15-,16?/m0/s1. The number of piperazine rings is 1. The third-order valence-corrected chi connectivity index (χ3v) is 5.02. The fourth-order valence-corrected chi connectivity index (χ4v) is 3.43. The van der Waals surface area contributed by atoms with Gasteiger partial charge in [-0.05, 0) is 50.8 Å². The highest BCUT2D eigenvalue weighted by Gasteiger charge is 2.46. The van der Waals surface area contributed by atoms with Gasteiger partial charge in [0.05, 0.1) is 5.56 Å². The molecule has 1 unspecified atom stereocenters. The molecule has 1 aromatic rings. The molecule has 1 aliphatic carbocycles. The number of halogens is 3. The van der Waals surface area contributed by atoms with Crippen molar-refractivity contribution in [1.29, 1.82) is 0 Å². The minimum Gasteiger partial charge on any atom is -0.444 e. The molecule has 1 saturated heterocycles. The van der Waals surface area contributed by atoms with Gasteiger partial charge in [-0.25, -0.2) is 4.79 Å². The normalized spacial score (nSPS) is 22.8. The van der Waals surface area contributed by atoms with E-state index >= 15 is 0 Å². The predicted molar refractivity (Wildman–Crippen MR) is 96.7 cm³/mol. The zero-order valence-corrected chi connectivity index (χ0v) is 16.3. The Bertz CT molecular complexity index is 733. The molecule has 154 valence electrons. The number of ether oxygens (including phenoxy) is 1. The molecule has 8 heteroatoms. The van der Waals surface area contributed by atoms with E-state index in [1.807, 2.05) is 0 Å². The molecular formula is C20H25F3N2O3. The van der Waals surface area contributed by atoms with Crippen LogP contribution in [-0.4, -0.2) is 53.6 Å². The molecule has 5 nitrogen and oxygen atoms in total. The average molecular weight is 398 g/mol. The number of nitrogens with zero attached hydrogens (tertiary/aromatic N) is 2. The van der Waals surface area contributed by atoms with Gasteiger partial charge in [0.2, 0.25) is 5.91 Å². The summed E-state index contributed by atoms with van der Waals surface area (Å²) < 4.78 is 43.3. The second kappa shape index (κ2) is 7.29. The third kappa shape index (κ3) is 4.77. The molecule has 1 aromatic carbocycles. The summed E-state index contributed by atoms with van der Waals surface area (Å²) in [5.41, 5.74) is -0.482. The van der Waals surface area contributed by atoms with Gasteiger partial charge in [-0.2, -0.15) is 13.2 Å². The van der Waals surface area contributed by atoms with E-state index in [4.69, 9.17) is 4.74 Å². The number of carbonyl (C=O) groups excluding carboxylic acids is 2. The summed E-state index contributed by atoms with van der Waals surface area (Å²) in [5.74, 6) is -0.211. The van der Waals surface area contributed by atoms with Gasteiger partial charge in [0.1, 0.15) is 5.60 Å². The first kappa shape index (κ1) is 20.5. The van der Waals surface area contributed by atoms with Gasteiger partial charge >= 0.3 is 12.3 Å². The number of rotatable bonds is 2. The highest BCUT2D eigenvalue weighted by Crippen LogP contribution is 2.49. The maximum atomic E-state index is 12.7. The molecule has 1 aliphatic heterocycles. The molecule has 2 fully saturated rings. The van der Waals surface area contributed by atoms with Crippen LogP contribution in [0.1, 0.15) is 44.2 Å². The van der Waals surface area contributed by atoms with Crippen molar-refractivity contribution in [2.24, 2.45) is 5.92 Å². The largest absolute Gasteiger partial charge is 0.444 e. The average Bonchev–Trinajstić information content (AvgIpc) is 3.40. The first-order chi connectivity index (χ1) is 13.0. The van der Waals surface area contributed by atoms with Crippen molar-refractivity contribution in [3.05, 3.63) is 35.4 Å². The van der Waals surface area contributed by atoms with Crippen molar-refractivity contribution in [3.8, 4) is 0 Å². The molecule has 0 radical (unpaired) electrons. The zero-order chi connectivity index (χ0) is 20.7. The molecule has 2 aliphatic rings. The monoisotopic (exact) mass is 398 g/mol. The van der Waals surface area contributed by atoms with Crippen LogP contribution in [0.3, 0.4) is 0 Å². The van der Waals surface area contributed by atoms with E-state index in [1.165, 1.54) is 12.1 Å². The van der Waals surface area contributed by atoms with Gasteiger partial charge in [-0.15, -0.1) is 0 Å². The highest BCUT2D eigenvalue weighted by molar-refractivity contribution is 5.83. The van der Waals surface area contributed by atoms with E-state index in [9.17, 15) is 22.8 Å². The van der Waals surface area contributed by atoms with E-state index in [0.717, 1.165) is 17.7 Å². The summed E-state index contributed by atoms with van der Waals surface area (Å²) in [7, 11) is 0. The Morgan fingerprint density at radius 2 is 1.50 bits per heavy atom. The van der Waals surface area contributed by atoms with Gasteiger partial charge in [0, 0.05) is 32.1 Å². The molecule has 0 N–H and O–H groups in total. The summed E-state index contributed by atoms with van der Waals surface area (Å²) in [5, 5.41) is 0. The lowest BCUT2D eigenvalue weighted by atomic mass is 10.1. The number of benzene rings is 1. The van der Waals surface area contributed by atoms with Gasteiger partial charge in [0.15, 0.2) is 0 Å². The van der Waals surface area contributed by atoms with E-state index < -0.39 is 17.3 Å². The number of alkyl halides is 3. The minimum absolute atomic E-state index is 0.00809. The highest BCUT2D eigenvalue weighted by atomic mass is 19.4. The molecule has 1 heterocycles. The quantitative estimate of drug-likeness (QED) is 0.760. The lowest BCUT2D eigenvalue weighted by molar-refractivity contribution is -0.137. The Morgan fingerprint density at radius 3 is 2.00 bits per heavy atom. The Balaban J connectivity index is 1.51. The number of carbonyl (C=O) groups is 2. The summed E-state index contributed by atoms with van der Waals surface area (Å²) in [6, 6.07) is 5.05. The summed E-state index contributed by atoms with van der Waals surface area (Å²) in [6.45, 7) is 7.12. The zero-order valence-electron chi connectivity index (χ0n) is 16.3. The lowest BCUT2D eigenvalue weighted by Crippen LogP contribution is -2.52. The lowest BCUT2D eigenvalue weighted by Gasteiger charge is -2.35. The van der Waals surface area contributed by atoms with Crippen molar-refractivity contribution in [2.45, 2.75) is 44.9 Å². The Labute approximate surface area is 162 Å². The van der Waals surface area contributed by atoms with Crippen LogP contribution in [0.5, 0.6) is 0 Å². The van der Waals surface area contributed by atoms with Crippen LogP contribution in [0.25, 0.3) is 0 Å². The van der Waals surface area contributed by atoms with Crippen molar-refractivity contribution >= 4 is 12.0 Å². The predicted octanol–water partition coefficient (Wildman–Crippen LogP) is 3.89. The van der Waals surface area contributed by atoms with Crippen LogP contribution < -0.4 is 0 Å². The third-order valence-electron chi connectivity index (χ3n) is 5.02. The van der Waals surface area contributed by atoms with Crippen LogP contribution in [0.2, 0.25) is 0 Å². The van der Waals surface area contributed by atoms with Gasteiger partial charge in [-0.1, -0.05) is 12.1 Å². The van der Waals surface area contributed by atoms with Crippen molar-refractivity contribution < 1.29 is 27.5 Å². The number of hydrogen-bond acceptors (Lipinski definition) is 3. The fourth-order valence-electron chi connectivity index (χ4n) is 3.43. The minimum atomic E-state index is -4.36. The van der Waals surface area contributed by atoms with Crippen LogP contribution in [-0.2, 0) is 15.7 Å². The summed E-state index contributed by atoms with van der Waals surface area (Å²) >= 11 is 0. The molecule has 28 heavy (non-hydrogen) atoms. The molecule has 0 aromatic heterocycles. The molecule has 3 rings (SSSR count). The maximum absolute atomic E-state index is 12.7. The van der Waals surface area contributed by atoms with Gasteiger partial charge in [-0.3, -0.25) is 4.79 Å². The molecule has 1 saturated carbocycles. The van der Waals surface area contributed by atoms with Crippen LogP contribution in [0.4, 0.5) is 18.0 Å². The Hall–Kier alpha value is -2.25. The summed E-state index contributed by atoms with van der Waals surface area (Å²) in [6.07, 6.45) is -4.09. The van der Waals surface area contributed by atoms with Gasteiger partial charge in [0.25, 0.3) is 0 Å². The van der Waals surface area contributed by atoms with Gasteiger partial charge < -0.3 is 14.5 Å². The van der Waals surface area contributed by atoms with Crippen LogP contribution in [0, 0.1) is 5.92 Å². The Kier molecular flexibility index (Phi) is 5.34. The number of hydrogen-bond donors (Lipinski definition) is 0. The van der Waals surface area contributed by atoms with E-state index in [2.05, 4.69) is 0 Å². The first-order valence-electron chi connectivity index (χ1n) is 9.39. The van der Waals surface area contributed by atoms with Crippen molar-refractivity contribution in [1.82, 2.24) is 9.80 Å². The van der Waals surface area contributed by atoms with Crippen molar-refractivity contribution in [3.63, 3.8) is 0 Å². The van der Waals surface area contributed by atoms with E-state index in [-0.39, 0.29) is 23.8 Å². The smallest absolute Gasteiger partial charge is 0.416 e.